The Balaban J connectivity index is 2.14. The average molecular weight is 286 g/mol. The van der Waals surface area contributed by atoms with Gasteiger partial charge in [-0.15, -0.1) is 0 Å². The molecule has 4 N–H and O–H groups in total. The SMILES string of the molecule is COc1ccc(C(=O)NC(C)c2cccc(O)c2)c(N)c1. The summed E-state index contributed by atoms with van der Waals surface area (Å²) in [5, 5.41) is 12.3. The van der Waals surface area contributed by atoms with Crippen LogP contribution in [0.1, 0.15) is 28.9 Å². The second-order valence-corrected chi connectivity index (χ2v) is 4.74. The fourth-order valence-electron chi connectivity index (χ4n) is 2.03. The number of nitrogens with one attached hydrogen (secondary N) is 1. The number of rotatable bonds is 4. The maximum absolute atomic E-state index is 12.2. The summed E-state index contributed by atoms with van der Waals surface area (Å²) >= 11 is 0. The number of phenolic OH excluding ortho intramolecular Hbond substituents is 1. The van der Waals surface area contributed by atoms with E-state index in [1.54, 1.807) is 43.5 Å². The van der Waals surface area contributed by atoms with Crippen molar-refractivity contribution in [3.8, 4) is 11.5 Å². The van der Waals surface area contributed by atoms with Gasteiger partial charge in [0.1, 0.15) is 11.5 Å². The van der Waals surface area contributed by atoms with Crippen molar-refractivity contribution in [1.82, 2.24) is 5.32 Å². The molecule has 2 aromatic carbocycles. The fourth-order valence-corrected chi connectivity index (χ4v) is 2.03. The number of carbonyl (C=O) groups excluding carboxylic acids is 1. The summed E-state index contributed by atoms with van der Waals surface area (Å²) in [5.74, 6) is 0.494. The van der Waals surface area contributed by atoms with Gasteiger partial charge in [0, 0.05) is 11.8 Å². The van der Waals surface area contributed by atoms with E-state index in [4.69, 9.17) is 10.5 Å². The van der Waals surface area contributed by atoms with E-state index in [2.05, 4.69) is 5.32 Å². The maximum Gasteiger partial charge on any atom is 0.253 e. The Morgan fingerprint density at radius 3 is 2.67 bits per heavy atom. The van der Waals surface area contributed by atoms with Gasteiger partial charge >= 0.3 is 0 Å². The lowest BCUT2D eigenvalue weighted by Crippen LogP contribution is -2.27. The molecule has 0 spiro atoms. The minimum Gasteiger partial charge on any atom is -0.508 e. The number of ether oxygens (including phenoxy) is 1. The normalized spacial score (nSPS) is 11.7. The minimum atomic E-state index is -0.272. The van der Waals surface area contributed by atoms with Crippen LogP contribution in [0, 0.1) is 0 Å². The third-order valence-electron chi connectivity index (χ3n) is 3.22. The largest absolute Gasteiger partial charge is 0.508 e. The Hall–Kier alpha value is -2.69. The molecule has 0 aliphatic rings. The Labute approximate surface area is 123 Å². The molecule has 0 radical (unpaired) electrons. The van der Waals surface area contributed by atoms with Crippen molar-refractivity contribution in [2.45, 2.75) is 13.0 Å². The molecule has 2 rings (SSSR count). The second-order valence-electron chi connectivity index (χ2n) is 4.74. The number of hydrogen-bond donors (Lipinski definition) is 3. The number of carbonyl (C=O) groups is 1. The van der Waals surface area contributed by atoms with E-state index >= 15 is 0 Å². The quantitative estimate of drug-likeness (QED) is 0.754. The molecule has 5 heteroatoms. The third kappa shape index (κ3) is 3.45. The highest BCUT2D eigenvalue weighted by atomic mass is 16.5. The number of anilines is 1. The van der Waals surface area contributed by atoms with Gasteiger partial charge in [-0.1, -0.05) is 12.1 Å². The molecule has 5 nitrogen and oxygen atoms in total. The van der Waals surface area contributed by atoms with Crippen molar-refractivity contribution in [2.24, 2.45) is 0 Å². The molecule has 0 bridgehead atoms. The lowest BCUT2D eigenvalue weighted by Gasteiger charge is -2.15. The number of benzene rings is 2. The zero-order chi connectivity index (χ0) is 15.4. The van der Waals surface area contributed by atoms with Crippen molar-refractivity contribution in [2.75, 3.05) is 12.8 Å². The van der Waals surface area contributed by atoms with Gasteiger partial charge in [0.2, 0.25) is 0 Å². The first-order valence-electron chi connectivity index (χ1n) is 6.54. The number of nitrogen functional groups attached to an aromatic ring is 1. The Morgan fingerprint density at radius 2 is 2.05 bits per heavy atom. The summed E-state index contributed by atoms with van der Waals surface area (Å²) in [6.45, 7) is 1.84. The van der Waals surface area contributed by atoms with Gasteiger partial charge in [-0.2, -0.15) is 0 Å². The molecule has 0 aliphatic carbocycles. The lowest BCUT2D eigenvalue weighted by molar-refractivity contribution is 0.0940. The molecular weight excluding hydrogens is 268 g/mol. The number of hydrogen-bond acceptors (Lipinski definition) is 4. The molecular formula is C16H18N2O3. The summed E-state index contributed by atoms with van der Waals surface area (Å²) in [4.78, 5) is 12.2. The van der Waals surface area contributed by atoms with E-state index < -0.39 is 0 Å². The first kappa shape index (κ1) is 14.7. The highest BCUT2D eigenvalue weighted by Crippen LogP contribution is 2.22. The van der Waals surface area contributed by atoms with Crippen LogP contribution in [-0.4, -0.2) is 18.1 Å². The van der Waals surface area contributed by atoms with E-state index in [9.17, 15) is 9.90 Å². The molecule has 21 heavy (non-hydrogen) atoms. The Kier molecular flexibility index (Phi) is 4.33. The predicted molar refractivity (Wildman–Crippen MR) is 81.4 cm³/mol. The monoisotopic (exact) mass is 286 g/mol. The van der Waals surface area contributed by atoms with Crippen LogP contribution in [0.5, 0.6) is 11.5 Å². The number of amides is 1. The van der Waals surface area contributed by atoms with Gasteiger partial charge < -0.3 is 20.9 Å². The first-order chi connectivity index (χ1) is 10.0. The van der Waals surface area contributed by atoms with Gasteiger partial charge in [0.15, 0.2) is 0 Å². The van der Waals surface area contributed by atoms with Crippen molar-refractivity contribution in [3.63, 3.8) is 0 Å². The molecule has 110 valence electrons. The van der Waals surface area contributed by atoms with Crippen molar-refractivity contribution < 1.29 is 14.6 Å². The smallest absolute Gasteiger partial charge is 0.253 e. The van der Waals surface area contributed by atoms with Gasteiger partial charge in [-0.05, 0) is 36.8 Å². The van der Waals surface area contributed by atoms with Crippen LogP contribution in [0.4, 0.5) is 5.69 Å². The Morgan fingerprint density at radius 1 is 1.29 bits per heavy atom. The highest BCUT2D eigenvalue weighted by Gasteiger charge is 2.14. The molecule has 0 aromatic heterocycles. The van der Waals surface area contributed by atoms with Crippen molar-refractivity contribution >= 4 is 11.6 Å². The molecule has 0 saturated carbocycles. The summed E-state index contributed by atoms with van der Waals surface area (Å²) in [5.41, 5.74) is 7.42. The first-order valence-corrected chi connectivity index (χ1v) is 6.54. The minimum absolute atomic E-state index is 0.164. The lowest BCUT2D eigenvalue weighted by atomic mass is 10.1. The fraction of sp³-hybridized carbons (Fsp3) is 0.188. The van der Waals surface area contributed by atoms with E-state index in [1.165, 1.54) is 0 Å². The van der Waals surface area contributed by atoms with Crippen molar-refractivity contribution in [3.05, 3.63) is 53.6 Å². The topological polar surface area (TPSA) is 84.6 Å². The van der Waals surface area contributed by atoms with E-state index in [-0.39, 0.29) is 17.7 Å². The number of aromatic hydroxyl groups is 1. The van der Waals surface area contributed by atoms with Gasteiger partial charge in [-0.3, -0.25) is 4.79 Å². The molecule has 0 fully saturated rings. The zero-order valence-electron chi connectivity index (χ0n) is 12.0. The maximum atomic E-state index is 12.2. The van der Waals surface area contributed by atoms with Crippen LogP contribution in [0.15, 0.2) is 42.5 Å². The predicted octanol–water partition coefficient (Wildman–Crippen LogP) is 2.47. The van der Waals surface area contributed by atoms with Crippen LogP contribution in [0.3, 0.4) is 0 Å². The summed E-state index contributed by atoms with van der Waals surface area (Å²) < 4.78 is 5.05. The molecule has 1 unspecified atom stereocenters. The van der Waals surface area contributed by atoms with E-state index in [0.29, 0.717) is 17.0 Å². The van der Waals surface area contributed by atoms with Gasteiger partial charge in [-0.25, -0.2) is 0 Å². The van der Waals surface area contributed by atoms with Crippen LogP contribution in [0.25, 0.3) is 0 Å². The van der Waals surface area contributed by atoms with Crippen LogP contribution >= 0.6 is 0 Å². The molecule has 2 aromatic rings. The van der Waals surface area contributed by atoms with Gasteiger partial charge in [0.05, 0.1) is 18.7 Å². The second kappa shape index (κ2) is 6.17. The molecule has 0 heterocycles. The van der Waals surface area contributed by atoms with Gasteiger partial charge in [0.25, 0.3) is 5.91 Å². The average Bonchev–Trinajstić information content (AvgIpc) is 2.46. The summed E-state index contributed by atoms with van der Waals surface area (Å²) in [7, 11) is 1.54. The standard InChI is InChI=1S/C16H18N2O3/c1-10(11-4-3-5-12(19)8-11)18-16(20)14-7-6-13(21-2)9-15(14)17/h3-10,19H,17H2,1-2H3,(H,18,20). The summed E-state index contributed by atoms with van der Waals surface area (Å²) in [6.07, 6.45) is 0. The third-order valence-corrected chi connectivity index (χ3v) is 3.22. The van der Waals surface area contributed by atoms with Crippen LogP contribution in [0.2, 0.25) is 0 Å². The molecule has 1 atom stereocenters. The number of phenols is 1. The van der Waals surface area contributed by atoms with E-state index in [1.807, 2.05) is 13.0 Å². The Bertz CT molecular complexity index is 656. The molecule has 0 saturated heterocycles. The van der Waals surface area contributed by atoms with E-state index in [0.717, 1.165) is 5.56 Å². The van der Waals surface area contributed by atoms with Crippen LogP contribution in [-0.2, 0) is 0 Å². The zero-order valence-corrected chi connectivity index (χ0v) is 12.0. The summed E-state index contributed by atoms with van der Waals surface area (Å²) in [6, 6.07) is 11.4. The van der Waals surface area contributed by atoms with Crippen molar-refractivity contribution in [1.29, 1.82) is 0 Å². The molecule has 1 amide bonds. The highest BCUT2D eigenvalue weighted by molar-refractivity contribution is 5.99. The number of nitrogens with two attached hydrogens (primary N) is 1. The van der Waals surface area contributed by atoms with Crippen LogP contribution < -0.4 is 15.8 Å². The number of methoxy groups -OCH3 is 1. The molecule has 0 aliphatic heterocycles.